The number of nitrogens with one attached hydrogen (secondary N) is 1. The summed E-state index contributed by atoms with van der Waals surface area (Å²) in [5.74, 6) is 0.752. The predicted octanol–water partition coefficient (Wildman–Crippen LogP) is 2.42. The Morgan fingerprint density at radius 1 is 1.25 bits per heavy atom. The molecule has 28 heavy (non-hydrogen) atoms. The molecule has 2 aromatic heterocycles. The van der Waals surface area contributed by atoms with Gasteiger partial charge in [-0.2, -0.15) is 4.31 Å². The van der Waals surface area contributed by atoms with Gasteiger partial charge in [0.1, 0.15) is 11.5 Å². The number of piperazine rings is 1. The Balaban J connectivity index is 1.66. The summed E-state index contributed by atoms with van der Waals surface area (Å²) >= 11 is 1.50. The molecule has 3 heterocycles. The molecule has 0 aromatic carbocycles. The van der Waals surface area contributed by atoms with Crippen molar-refractivity contribution in [2.75, 3.05) is 42.7 Å². The lowest BCUT2D eigenvalue weighted by molar-refractivity contribution is -0.116. The highest BCUT2D eigenvalue weighted by atomic mass is 32.2. The van der Waals surface area contributed by atoms with Crippen molar-refractivity contribution in [2.24, 2.45) is 0 Å². The van der Waals surface area contributed by atoms with Gasteiger partial charge in [-0.05, 0) is 12.5 Å². The smallest absolute Gasteiger partial charge is 0.224 e. The molecule has 1 amide bonds. The Labute approximate surface area is 169 Å². The number of rotatable bonds is 7. The van der Waals surface area contributed by atoms with Crippen LogP contribution in [-0.2, 0) is 14.8 Å². The van der Waals surface area contributed by atoms with E-state index in [1.165, 1.54) is 21.9 Å². The fourth-order valence-electron chi connectivity index (χ4n) is 2.97. The van der Waals surface area contributed by atoms with Gasteiger partial charge in [-0.1, -0.05) is 13.3 Å². The Morgan fingerprint density at radius 2 is 2.00 bits per heavy atom. The van der Waals surface area contributed by atoms with Gasteiger partial charge in [0.05, 0.1) is 29.2 Å². The van der Waals surface area contributed by atoms with Crippen LogP contribution >= 0.6 is 11.3 Å². The number of sulfonamides is 1. The number of hydrogen-bond acceptors (Lipinski definition) is 7. The van der Waals surface area contributed by atoms with E-state index in [0.29, 0.717) is 32.6 Å². The lowest BCUT2D eigenvalue weighted by Gasteiger charge is -2.33. The Kier molecular flexibility index (Phi) is 6.63. The third-order valence-corrected chi connectivity index (χ3v) is 6.80. The highest BCUT2D eigenvalue weighted by molar-refractivity contribution is 7.88. The monoisotopic (exact) mass is 423 g/mol. The number of hydrogen-bond donors (Lipinski definition) is 1. The fraction of sp³-hybridized carbons (Fsp3) is 0.500. The van der Waals surface area contributed by atoms with Crippen LogP contribution in [0.15, 0.2) is 23.8 Å². The molecule has 1 saturated heterocycles. The molecule has 0 unspecified atom stereocenters. The second-order valence-corrected chi connectivity index (χ2v) is 9.66. The lowest BCUT2D eigenvalue weighted by atomic mass is 10.2. The zero-order chi connectivity index (χ0) is 20.1. The summed E-state index contributed by atoms with van der Waals surface area (Å²) in [6, 6.07) is 1.91. The first kappa shape index (κ1) is 20.7. The minimum absolute atomic E-state index is 0.0229. The molecule has 2 aromatic rings. The number of aromatic nitrogens is 2. The second kappa shape index (κ2) is 8.97. The summed E-state index contributed by atoms with van der Waals surface area (Å²) in [6.45, 7) is 4.10. The number of carbonyl (C=O) groups is 1. The van der Waals surface area contributed by atoms with Crippen LogP contribution in [0.25, 0.3) is 10.6 Å². The van der Waals surface area contributed by atoms with Gasteiger partial charge in [0.15, 0.2) is 0 Å². The van der Waals surface area contributed by atoms with Crippen molar-refractivity contribution in [3.8, 4) is 10.6 Å². The third-order valence-electron chi connectivity index (χ3n) is 4.55. The highest BCUT2D eigenvalue weighted by Crippen LogP contribution is 2.29. The van der Waals surface area contributed by atoms with Crippen LogP contribution in [0, 0.1) is 0 Å². The van der Waals surface area contributed by atoms with E-state index in [1.54, 1.807) is 12.4 Å². The van der Waals surface area contributed by atoms with E-state index in [-0.39, 0.29) is 5.91 Å². The Bertz CT molecular complexity index is 921. The first-order chi connectivity index (χ1) is 13.4. The van der Waals surface area contributed by atoms with Crippen molar-refractivity contribution < 1.29 is 13.2 Å². The van der Waals surface area contributed by atoms with E-state index in [2.05, 4.69) is 22.2 Å². The highest BCUT2D eigenvalue weighted by Gasteiger charge is 2.24. The molecule has 0 atom stereocenters. The molecular weight excluding hydrogens is 398 g/mol. The maximum Gasteiger partial charge on any atom is 0.224 e. The van der Waals surface area contributed by atoms with Crippen LogP contribution < -0.4 is 10.2 Å². The summed E-state index contributed by atoms with van der Waals surface area (Å²) in [7, 11) is -3.16. The standard InChI is InChI=1S/C18H25N5O3S2/c1-3-4-5-18(24)20-14-10-16(27-13-14)15-11-19-12-17(21-15)22-6-8-23(9-7-22)28(2,25)26/h10-13H,3-9H2,1-2H3,(H,20,24). The van der Waals surface area contributed by atoms with Crippen LogP contribution in [0.3, 0.4) is 0 Å². The molecule has 1 fully saturated rings. The molecule has 0 bridgehead atoms. The van der Waals surface area contributed by atoms with Crippen LogP contribution in [0.4, 0.5) is 11.5 Å². The average Bonchev–Trinajstić information content (AvgIpc) is 3.14. The number of anilines is 2. The molecule has 152 valence electrons. The molecule has 3 rings (SSSR count). The van der Waals surface area contributed by atoms with Gasteiger partial charge < -0.3 is 10.2 Å². The van der Waals surface area contributed by atoms with Crippen LogP contribution in [0.5, 0.6) is 0 Å². The quantitative estimate of drug-likeness (QED) is 0.735. The number of nitrogens with zero attached hydrogens (tertiary/aromatic N) is 4. The van der Waals surface area contributed by atoms with E-state index < -0.39 is 10.0 Å². The van der Waals surface area contributed by atoms with E-state index >= 15 is 0 Å². The molecule has 1 aliphatic rings. The maximum absolute atomic E-state index is 11.9. The van der Waals surface area contributed by atoms with Gasteiger partial charge >= 0.3 is 0 Å². The van der Waals surface area contributed by atoms with Gasteiger partial charge in [-0.3, -0.25) is 9.78 Å². The van der Waals surface area contributed by atoms with Crippen molar-refractivity contribution in [1.82, 2.24) is 14.3 Å². The summed E-state index contributed by atoms with van der Waals surface area (Å²) in [6.07, 6.45) is 7.02. The topological polar surface area (TPSA) is 95.5 Å². The van der Waals surface area contributed by atoms with Gasteiger partial charge in [0.2, 0.25) is 15.9 Å². The Hall–Kier alpha value is -2.04. The number of thiophene rings is 1. The van der Waals surface area contributed by atoms with Crippen molar-refractivity contribution in [2.45, 2.75) is 26.2 Å². The molecule has 10 heteroatoms. The van der Waals surface area contributed by atoms with Gasteiger partial charge in [0.25, 0.3) is 0 Å². The summed E-state index contributed by atoms with van der Waals surface area (Å²) < 4.78 is 24.8. The first-order valence-electron chi connectivity index (χ1n) is 9.27. The Morgan fingerprint density at radius 3 is 2.68 bits per heavy atom. The normalized spacial score (nSPS) is 15.6. The number of amides is 1. The SMILES string of the molecule is CCCCC(=O)Nc1csc(-c2cncc(N3CCN(S(C)(=O)=O)CC3)n2)c1. The molecule has 8 nitrogen and oxygen atoms in total. The van der Waals surface area contributed by atoms with Crippen LogP contribution in [0.2, 0.25) is 0 Å². The van der Waals surface area contributed by atoms with Crippen molar-refractivity contribution in [1.29, 1.82) is 0 Å². The number of carbonyl (C=O) groups excluding carboxylic acids is 1. The lowest BCUT2D eigenvalue weighted by Crippen LogP contribution is -2.48. The van der Waals surface area contributed by atoms with E-state index in [9.17, 15) is 13.2 Å². The van der Waals surface area contributed by atoms with E-state index in [4.69, 9.17) is 0 Å². The zero-order valence-corrected chi connectivity index (χ0v) is 17.7. The molecule has 1 aliphatic heterocycles. The van der Waals surface area contributed by atoms with Crippen LogP contribution in [-0.4, -0.2) is 61.0 Å². The van der Waals surface area contributed by atoms with Gasteiger partial charge in [-0.15, -0.1) is 11.3 Å². The molecule has 1 N–H and O–H groups in total. The summed E-state index contributed by atoms with van der Waals surface area (Å²) in [5.41, 5.74) is 1.51. The molecule has 0 spiro atoms. The van der Waals surface area contributed by atoms with E-state index in [0.717, 1.165) is 34.9 Å². The van der Waals surface area contributed by atoms with E-state index in [1.807, 2.05) is 16.3 Å². The summed E-state index contributed by atoms with van der Waals surface area (Å²) in [5, 5.41) is 4.82. The predicted molar refractivity (Wildman–Crippen MR) is 112 cm³/mol. The van der Waals surface area contributed by atoms with Gasteiger partial charge in [0, 0.05) is 38.0 Å². The zero-order valence-electron chi connectivity index (χ0n) is 16.1. The van der Waals surface area contributed by atoms with Crippen molar-refractivity contribution in [3.63, 3.8) is 0 Å². The fourth-order valence-corrected chi connectivity index (χ4v) is 4.59. The minimum atomic E-state index is -3.16. The molecule has 0 radical (unpaired) electrons. The minimum Gasteiger partial charge on any atom is -0.353 e. The summed E-state index contributed by atoms with van der Waals surface area (Å²) in [4.78, 5) is 23.8. The molecular formula is C18H25N5O3S2. The van der Waals surface area contributed by atoms with Gasteiger partial charge in [-0.25, -0.2) is 13.4 Å². The van der Waals surface area contributed by atoms with Crippen molar-refractivity contribution >= 4 is 38.8 Å². The first-order valence-corrected chi connectivity index (χ1v) is 12.0. The third kappa shape index (κ3) is 5.27. The molecule has 0 saturated carbocycles. The maximum atomic E-state index is 11.9. The van der Waals surface area contributed by atoms with Crippen LogP contribution in [0.1, 0.15) is 26.2 Å². The van der Waals surface area contributed by atoms with Crippen molar-refractivity contribution in [3.05, 3.63) is 23.8 Å². The number of unbranched alkanes of at least 4 members (excludes halogenated alkanes) is 1. The second-order valence-electron chi connectivity index (χ2n) is 6.76. The largest absolute Gasteiger partial charge is 0.353 e. The molecule has 0 aliphatic carbocycles. The average molecular weight is 424 g/mol.